The highest BCUT2D eigenvalue weighted by molar-refractivity contribution is 6.30. The maximum atomic E-state index is 11.0. The van der Waals surface area contributed by atoms with E-state index < -0.39 is 11.0 Å². The number of aliphatic hydroxyl groups excluding tert-OH is 1. The van der Waals surface area contributed by atoms with Crippen molar-refractivity contribution in [2.45, 2.75) is 26.0 Å². The zero-order valence-corrected chi connectivity index (χ0v) is 11.6. The summed E-state index contributed by atoms with van der Waals surface area (Å²) >= 11 is 5.87. The molecule has 0 saturated heterocycles. The smallest absolute Gasteiger partial charge is 0.274 e. The first-order chi connectivity index (χ1) is 9.51. The van der Waals surface area contributed by atoms with E-state index in [1.54, 1.807) is 23.1 Å². The Morgan fingerprint density at radius 3 is 2.95 bits per heavy atom. The van der Waals surface area contributed by atoms with Crippen molar-refractivity contribution in [3.8, 4) is 0 Å². The Morgan fingerprint density at radius 2 is 2.30 bits per heavy atom. The van der Waals surface area contributed by atoms with Gasteiger partial charge in [0.1, 0.15) is 0 Å². The van der Waals surface area contributed by atoms with Gasteiger partial charge in [-0.2, -0.15) is 5.10 Å². The lowest BCUT2D eigenvalue weighted by Crippen LogP contribution is -2.03. The zero-order chi connectivity index (χ0) is 14.7. The van der Waals surface area contributed by atoms with Crippen LogP contribution in [0.25, 0.3) is 0 Å². The molecular formula is C13H14ClN3O3. The molecule has 0 aliphatic carbocycles. The highest BCUT2D eigenvalue weighted by atomic mass is 35.5. The van der Waals surface area contributed by atoms with E-state index in [2.05, 4.69) is 5.10 Å². The Labute approximate surface area is 120 Å². The van der Waals surface area contributed by atoms with Crippen LogP contribution in [0, 0.1) is 10.1 Å². The van der Waals surface area contributed by atoms with Gasteiger partial charge in [0.05, 0.1) is 29.3 Å². The Morgan fingerprint density at radius 1 is 1.55 bits per heavy atom. The van der Waals surface area contributed by atoms with Gasteiger partial charge in [-0.1, -0.05) is 18.5 Å². The second kappa shape index (κ2) is 6.02. The molecule has 1 N–H and O–H groups in total. The van der Waals surface area contributed by atoms with Gasteiger partial charge >= 0.3 is 0 Å². The fourth-order valence-electron chi connectivity index (χ4n) is 1.91. The van der Waals surface area contributed by atoms with Crippen LogP contribution in [0.15, 0.2) is 30.6 Å². The summed E-state index contributed by atoms with van der Waals surface area (Å²) in [6.07, 6.45) is 3.25. The fourth-order valence-corrected chi connectivity index (χ4v) is 2.10. The van der Waals surface area contributed by atoms with Crippen LogP contribution in [0.3, 0.4) is 0 Å². The van der Waals surface area contributed by atoms with Crippen LogP contribution in [-0.4, -0.2) is 19.8 Å². The molecule has 2 aromatic rings. The molecule has 7 heteroatoms. The molecule has 1 aromatic heterocycles. The number of nitro benzene ring substituents is 1. The van der Waals surface area contributed by atoms with E-state index in [0.29, 0.717) is 22.6 Å². The van der Waals surface area contributed by atoms with E-state index in [4.69, 9.17) is 11.6 Å². The second-order valence-corrected chi connectivity index (χ2v) is 4.86. The predicted molar refractivity (Wildman–Crippen MR) is 74.7 cm³/mol. The van der Waals surface area contributed by atoms with Gasteiger partial charge in [0, 0.05) is 22.8 Å². The van der Waals surface area contributed by atoms with E-state index in [1.807, 2.05) is 6.92 Å². The van der Waals surface area contributed by atoms with Crippen LogP contribution in [0.4, 0.5) is 5.69 Å². The number of nitrogens with zero attached hydrogens (tertiary/aromatic N) is 3. The lowest BCUT2D eigenvalue weighted by Gasteiger charge is -2.05. The van der Waals surface area contributed by atoms with Crippen molar-refractivity contribution in [3.05, 3.63) is 56.9 Å². The van der Waals surface area contributed by atoms with Crippen LogP contribution in [0.2, 0.25) is 5.02 Å². The van der Waals surface area contributed by atoms with E-state index in [-0.39, 0.29) is 12.2 Å². The van der Waals surface area contributed by atoms with Crippen LogP contribution < -0.4 is 0 Å². The lowest BCUT2D eigenvalue weighted by molar-refractivity contribution is -0.385. The molecule has 0 amide bonds. The van der Waals surface area contributed by atoms with Crippen molar-refractivity contribution in [1.29, 1.82) is 0 Å². The third-order valence-corrected chi connectivity index (χ3v) is 3.23. The Hall–Kier alpha value is -1.92. The minimum Gasteiger partial charge on any atom is -0.388 e. The molecule has 1 unspecified atom stereocenters. The van der Waals surface area contributed by atoms with Gasteiger partial charge < -0.3 is 5.11 Å². The fraction of sp³-hybridized carbons (Fsp3) is 0.308. The van der Waals surface area contributed by atoms with E-state index >= 15 is 0 Å². The number of nitro groups is 1. The summed E-state index contributed by atoms with van der Waals surface area (Å²) in [7, 11) is 0. The molecule has 1 atom stereocenters. The van der Waals surface area contributed by atoms with Crippen LogP contribution >= 0.6 is 11.6 Å². The average molecular weight is 296 g/mol. The Kier molecular flexibility index (Phi) is 4.36. The number of rotatable bonds is 5. The molecule has 20 heavy (non-hydrogen) atoms. The Bertz CT molecular complexity index is 627. The summed E-state index contributed by atoms with van der Waals surface area (Å²) in [4.78, 5) is 10.5. The minimum atomic E-state index is -0.571. The van der Waals surface area contributed by atoms with Gasteiger partial charge in [-0.3, -0.25) is 14.8 Å². The summed E-state index contributed by atoms with van der Waals surface area (Å²) in [5.41, 5.74) is 1.17. The molecule has 0 bridgehead atoms. The normalized spacial score (nSPS) is 12.3. The van der Waals surface area contributed by atoms with Gasteiger partial charge in [0.25, 0.3) is 5.69 Å². The van der Waals surface area contributed by atoms with Crippen molar-refractivity contribution >= 4 is 17.3 Å². The lowest BCUT2D eigenvalue weighted by atomic mass is 10.1. The third kappa shape index (κ3) is 3.15. The monoisotopic (exact) mass is 295 g/mol. The minimum absolute atomic E-state index is 0.00231. The first-order valence-electron chi connectivity index (χ1n) is 6.14. The van der Waals surface area contributed by atoms with Crippen molar-refractivity contribution in [2.75, 3.05) is 0 Å². The molecular weight excluding hydrogens is 282 g/mol. The molecule has 0 fully saturated rings. The summed E-state index contributed by atoms with van der Waals surface area (Å²) in [6, 6.07) is 4.42. The number of hydrogen-bond acceptors (Lipinski definition) is 4. The predicted octanol–water partition coefficient (Wildman–Crippen LogP) is 2.94. The molecule has 6 nitrogen and oxygen atoms in total. The zero-order valence-electron chi connectivity index (χ0n) is 10.9. The van der Waals surface area contributed by atoms with Gasteiger partial charge in [-0.15, -0.1) is 0 Å². The van der Waals surface area contributed by atoms with Crippen molar-refractivity contribution < 1.29 is 10.0 Å². The maximum Gasteiger partial charge on any atom is 0.274 e. The number of hydrogen-bond donors (Lipinski definition) is 1. The molecule has 0 aliphatic rings. The molecule has 0 aliphatic heterocycles. The quantitative estimate of drug-likeness (QED) is 0.679. The molecule has 106 valence electrons. The SMILES string of the molecule is CCC(O)c1cnn(Cc2cc(Cl)ccc2[N+](=O)[O-])c1. The topological polar surface area (TPSA) is 81.2 Å². The van der Waals surface area contributed by atoms with E-state index in [9.17, 15) is 15.2 Å². The molecule has 0 spiro atoms. The number of benzene rings is 1. The average Bonchev–Trinajstić information content (AvgIpc) is 2.86. The number of aromatic nitrogens is 2. The van der Waals surface area contributed by atoms with Gasteiger partial charge in [0.2, 0.25) is 0 Å². The second-order valence-electron chi connectivity index (χ2n) is 4.43. The number of aliphatic hydroxyl groups is 1. The van der Waals surface area contributed by atoms with Crippen molar-refractivity contribution in [1.82, 2.24) is 9.78 Å². The molecule has 0 saturated carbocycles. The van der Waals surface area contributed by atoms with Gasteiger partial charge in [0.15, 0.2) is 0 Å². The summed E-state index contributed by atoms with van der Waals surface area (Å²) in [5.74, 6) is 0. The third-order valence-electron chi connectivity index (χ3n) is 3.00. The first kappa shape index (κ1) is 14.5. The van der Waals surface area contributed by atoms with Crippen molar-refractivity contribution in [2.24, 2.45) is 0 Å². The highest BCUT2D eigenvalue weighted by Crippen LogP contribution is 2.24. The first-order valence-corrected chi connectivity index (χ1v) is 6.52. The summed E-state index contributed by atoms with van der Waals surface area (Å²) in [6.45, 7) is 2.09. The Balaban J connectivity index is 2.27. The largest absolute Gasteiger partial charge is 0.388 e. The van der Waals surface area contributed by atoms with Gasteiger partial charge in [-0.25, -0.2) is 0 Å². The molecule has 0 radical (unpaired) electrons. The number of halogens is 1. The van der Waals surface area contributed by atoms with E-state index in [0.717, 1.165) is 0 Å². The van der Waals surface area contributed by atoms with E-state index in [1.165, 1.54) is 12.1 Å². The summed E-state index contributed by atoms with van der Waals surface area (Å²) < 4.78 is 1.55. The van der Waals surface area contributed by atoms with Crippen molar-refractivity contribution in [3.63, 3.8) is 0 Å². The van der Waals surface area contributed by atoms with Gasteiger partial charge in [-0.05, 0) is 18.6 Å². The molecule has 1 aromatic carbocycles. The van der Waals surface area contributed by atoms with Crippen LogP contribution in [0.1, 0.15) is 30.6 Å². The summed E-state index contributed by atoms with van der Waals surface area (Å²) in [5, 5.41) is 25.2. The molecule has 1 heterocycles. The highest BCUT2D eigenvalue weighted by Gasteiger charge is 2.15. The maximum absolute atomic E-state index is 11.0. The standard InChI is InChI=1S/C13H14ClN3O3/c1-2-13(18)10-6-15-16(8-10)7-9-5-11(14)3-4-12(9)17(19)20/h3-6,8,13,18H,2,7H2,1H3. The van der Waals surface area contributed by atoms with Crippen LogP contribution in [-0.2, 0) is 6.54 Å². The van der Waals surface area contributed by atoms with Crippen LogP contribution in [0.5, 0.6) is 0 Å². The molecule has 2 rings (SSSR count).